The normalized spacial score (nSPS) is 10.3. The summed E-state index contributed by atoms with van der Waals surface area (Å²) in [6, 6.07) is 9.15. The van der Waals surface area contributed by atoms with Gasteiger partial charge in [-0.2, -0.15) is 0 Å². The number of ether oxygens (including phenoxy) is 1. The molecule has 1 aromatic carbocycles. The van der Waals surface area contributed by atoms with Gasteiger partial charge in [0.1, 0.15) is 5.75 Å². The van der Waals surface area contributed by atoms with E-state index in [9.17, 15) is 0 Å². The number of hydrogen-bond donors (Lipinski definition) is 0. The third kappa shape index (κ3) is 3.11. The van der Waals surface area contributed by atoms with Crippen LogP contribution in [0.3, 0.4) is 0 Å². The fourth-order valence-electron chi connectivity index (χ4n) is 1.39. The van der Waals surface area contributed by atoms with Crippen molar-refractivity contribution < 1.29 is 4.74 Å². The van der Waals surface area contributed by atoms with E-state index in [1.165, 1.54) is 0 Å². The maximum atomic E-state index is 5.87. The first-order chi connectivity index (χ1) is 8.19. The molecule has 0 spiro atoms. The molecule has 0 bridgehead atoms. The molecule has 0 N–H and O–H groups in total. The van der Waals surface area contributed by atoms with Gasteiger partial charge < -0.3 is 4.74 Å². The summed E-state index contributed by atoms with van der Waals surface area (Å²) in [5, 5.41) is 0.695. The third-order valence-corrected chi connectivity index (χ3v) is 2.85. The van der Waals surface area contributed by atoms with Crippen molar-refractivity contribution in [3.63, 3.8) is 0 Å². The summed E-state index contributed by atoms with van der Waals surface area (Å²) >= 11 is 11.6. The molecule has 2 nitrogen and oxygen atoms in total. The average molecular weight is 268 g/mol. The lowest BCUT2D eigenvalue weighted by atomic mass is 10.2. The van der Waals surface area contributed by atoms with Crippen LogP contribution in [0.2, 0.25) is 5.02 Å². The molecule has 0 aliphatic heterocycles. The number of alkyl halides is 1. The number of halogens is 2. The third-order valence-electron chi connectivity index (χ3n) is 2.30. The quantitative estimate of drug-likeness (QED) is 0.760. The largest absolute Gasteiger partial charge is 0.439 e. The number of hydrogen-bond acceptors (Lipinski definition) is 2. The molecule has 0 amide bonds. The van der Waals surface area contributed by atoms with Crippen molar-refractivity contribution in [2.45, 2.75) is 12.8 Å². The number of aryl methyl sites for hydroxylation is 1. The molecule has 0 fully saturated rings. The van der Waals surface area contributed by atoms with Crippen LogP contribution in [0.15, 0.2) is 36.5 Å². The van der Waals surface area contributed by atoms with E-state index in [2.05, 4.69) is 4.98 Å². The van der Waals surface area contributed by atoms with E-state index in [1.54, 1.807) is 18.3 Å². The SMILES string of the molecule is Cc1cc(Cl)ccc1Oc1ccc(CCl)cn1. The standard InChI is InChI=1S/C13H11Cl2NO/c1-9-6-11(15)3-4-12(9)17-13-5-2-10(7-14)8-16-13/h2-6,8H,7H2,1H3. The molecular formula is C13H11Cl2NO. The van der Waals surface area contributed by atoms with Crippen LogP contribution in [0.4, 0.5) is 0 Å². The summed E-state index contributed by atoms with van der Waals surface area (Å²) in [6.45, 7) is 1.94. The highest BCUT2D eigenvalue weighted by atomic mass is 35.5. The van der Waals surface area contributed by atoms with Crippen molar-refractivity contribution >= 4 is 23.2 Å². The number of aromatic nitrogens is 1. The Hall–Kier alpha value is -1.25. The van der Waals surface area contributed by atoms with Gasteiger partial charge in [-0.25, -0.2) is 4.98 Å². The van der Waals surface area contributed by atoms with E-state index in [0.29, 0.717) is 16.8 Å². The van der Waals surface area contributed by atoms with E-state index in [4.69, 9.17) is 27.9 Å². The van der Waals surface area contributed by atoms with Crippen LogP contribution in [-0.4, -0.2) is 4.98 Å². The van der Waals surface area contributed by atoms with Gasteiger partial charge in [-0.15, -0.1) is 11.6 Å². The molecule has 1 aromatic heterocycles. The Morgan fingerprint density at radius 2 is 2.06 bits per heavy atom. The van der Waals surface area contributed by atoms with Crippen molar-refractivity contribution in [1.82, 2.24) is 4.98 Å². The Bertz CT molecular complexity index is 511. The van der Waals surface area contributed by atoms with Gasteiger partial charge in [0.15, 0.2) is 0 Å². The van der Waals surface area contributed by atoms with E-state index >= 15 is 0 Å². The fourth-order valence-corrected chi connectivity index (χ4v) is 1.78. The van der Waals surface area contributed by atoms with E-state index in [0.717, 1.165) is 16.9 Å². The zero-order valence-corrected chi connectivity index (χ0v) is 10.8. The minimum absolute atomic E-state index is 0.452. The Morgan fingerprint density at radius 3 is 2.65 bits per heavy atom. The summed E-state index contributed by atoms with van der Waals surface area (Å²) in [4.78, 5) is 4.17. The monoisotopic (exact) mass is 267 g/mol. The minimum atomic E-state index is 0.452. The summed E-state index contributed by atoms with van der Waals surface area (Å²) < 4.78 is 5.65. The zero-order chi connectivity index (χ0) is 12.3. The second-order valence-electron chi connectivity index (χ2n) is 3.65. The van der Waals surface area contributed by atoms with Crippen LogP contribution < -0.4 is 4.74 Å². The average Bonchev–Trinajstić information content (AvgIpc) is 2.34. The highest BCUT2D eigenvalue weighted by Crippen LogP contribution is 2.26. The molecule has 0 saturated heterocycles. The topological polar surface area (TPSA) is 22.1 Å². The van der Waals surface area contributed by atoms with Crippen LogP contribution in [0, 0.1) is 6.92 Å². The second kappa shape index (κ2) is 5.39. The van der Waals surface area contributed by atoms with Gasteiger partial charge in [0.25, 0.3) is 0 Å². The Balaban J connectivity index is 2.19. The van der Waals surface area contributed by atoms with Gasteiger partial charge in [0.2, 0.25) is 5.88 Å². The van der Waals surface area contributed by atoms with E-state index in [1.807, 2.05) is 25.1 Å². The van der Waals surface area contributed by atoms with E-state index in [-0.39, 0.29) is 0 Å². The van der Waals surface area contributed by atoms with Gasteiger partial charge in [-0.3, -0.25) is 0 Å². The van der Waals surface area contributed by atoms with Crippen LogP contribution in [0.5, 0.6) is 11.6 Å². The molecule has 2 rings (SSSR count). The first kappa shape index (κ1) is 12.2. The van der Waals surface area contributed by atoms with Gasteiger partial charge in [-0.05, 0) is 36.2 Å². The molecule has 17 heavy (non-hydrogen) atoms. The molecule has 2 aromatic rings. The number of pyridine rings is 1. The minimum Gasteiger partial charge on any atom is -0.439 e. The highest BCUT2D eigenvalue weighted by Gasteiger charge is 2.03. The Morgan fingerprint density at radius 1 is 1.24 bits per heavy atom. The molecule has 88 valence electrons. The molecule has 0 atom stereocenters. The molecule has 0 saturated carbocycles. The van der Waals surface area contributed by atoms with Crippen LogP contribution in [-0.2, 0) is 5.88 Å². The molecule has 0 radical (unpaired) electrons. The van der Waals surface area contributed by atoms with Gasteiger partial charge in [-0.1, -0.05) is 17.7 Å². The van der Waals surface area contributed by atoms with Gasteiger partial charge in [0.05, 0.1) is 0 Å². The molecule has 0 aliphatic rings. The smallest absolute Gasteiger partial charge is 0.219 e. The number of benzene rings is 1. The molecular weight excluding hydrogens is 257 g/mol. The first-order valence-electron chi connectivity index (χ1n) is 5.14. The number of rotatable bonds is 3. The van der Waals surface area contributed by atoms with Crippen molar-refractivity contribution in [2.24, 2.45) is 0 Å². The predicted molar refractivity (Wildman–Crippen MR) is 70.1 cm³/mol. The lowest BCUT2D eigenvalue weighted by Crippen LogP contribution is -1.91. The van der Waals surface area contributed by atoms with Crippen molar-refractivity contribution in [2.75, 3.05) is 0 Å². The molecule has 0 aliphatic carbocycles. The van der Waals surface area contributed by atoms with Gasteiger partial charge in [0, 0.05) is 23.2 Å². The summed E-state index contributed by atoms with van der Waals surface area (Å²) in [6.07, 6.45) is 1.70. The lowest BCUT2D eigenvalue weighted by molar-refractivity contribution is 0.459. The van der Waals surface area contributed by atoms with Crippen molar-refractivity contribution in [3.05, 3.63) is 52.7 Å². The van der Waals surface area contributed by atoms with Crippen molar-refractivity contribution in [1.29, 1.82) is 0 Å². The second-order valence-corrected chi connectivity index (χ2v) is 4.35. The van der Waals surface area contributed by atoms with Crippen LogP contribution in [0.25, 0.3) is 0 Å². The first-order valence-corrected chi connectivity index (χ1v) is 6.05. The maximum Gasteiger partial charge on any atom is 0.219 e. The number of nitrogens with zero attached hydrogens (tertiary/aromatic N) is 1. The summed E-state index contributed by atoms with van der Waals surface area (Å²) in [7, 11) is 0. The maximum absolute atomic E-state index is 5.87. The molecule has 4 heteroatoms. The Kier molecular flexibility index (Phi) is 3.87. The molecule has 1 heterocycles. The Labute approximate surface area is 110 Å². The predicted octanol–water partition coefficient (Wildman–Crippen LogP) is 4.57. The fraction of sp³-hybridized carbons (Fsp3) is 0.154. The van der Waals surface area contributed by atoms with Crippen molar-refractivity contribution in [3.8, 4) is 11.6 Å². The van der Waals surface area contributed by atoms with Gasteiger partial charge >= 0.3 is 0 Å². The summed E-state index contributed by atoms with van der Waals surface area (Å²) in [5.41, 5.74) is 1.94. The van der Waals surface area contributed by atoms with E-state index < -0.39 is 0 Å². The van der Waals surface area contributed by atoms with Crippen LogP contribution in [0.1, 0.15) is 11.1 Å². The highest BCUT2D eigenvalue weighted by molar-refractivity contribution is 6.30. The summed E-state index contributed by atoms with van der Waals surface area (Å²) in [5.74, 6) is 1.75. The lowest BCUT2D eigenvalue weighted by Gasteiger charge is -2.08. The zero-order valence-electron chi connectivity index (χ0n) is 9.28. The van der Waals surface area contributed by atoms with Crippen LogP contribution >= 0.6 is 23.2 Å². The molecule has 0 unspecified atom stereocenters.